The molecule has 110 valence electrons. The summed E-state index contributed by atoms with van der Waals surface area (Å²) in [5, 5.41) is 3.50. The summed E-state index contributed by atoms with van der Waals surface area (Å²) >= 11 is 6.95. The lowest BCUT2D eigenvalue weighted by atomic mass is 10.2. The Kier molecular flexibility index (Phi) is 4.93. The molecule has 0 aliphatic heterocycles. The highest BCUT2D eigenvalue weighted by molar-refractivity contribution is 9.10. The van der Waals surface area contributed by atoms with Crippen molar-refractivity contribution in [1.82, 2.24) is 10.3 Å². The van der Waals surface area contributed by atoms with Crippen LogP contribution in [0.4, 0.5) is 0 Å². The lowest BCUT2D eigenvalue weighted by Gasteiger charge is -2.11. The Balaban J connectivity index is 1.68. The van der Waals surface area contributed by atoms with Crippen molar-refractivity contribution in [3.8, 4) is 5.88 Å². The zero-order valence-corrected chi connectivity index (χ0v) is 14.7. The number of benzene rings is 1. The SMILES string of the molecule is Brc1cccc(COc2ncc(Br)cc2CNC2CC2)c1. The molecule has 0 unspecified atom stereocenters. The first-order valence-electron chi connectivity index (χ1n) is 6.96. The van der Waals surface area contributed by atoms with Crippen LogP contribution in [0.5, 0.6) is 5.88 Å². The highest BCUT2D eigenvalue weighted by Gasteiger charge is 2.21. The summed E-state index contributed by atoms with van der Waals surface area (Å²) in [6.45, 7) is 1.31. The Morgan fingerprint density at radius 1 is 1.19 bits per heavy atom. The Bertz CT molecular complexity index is 629. The minimum Gasteiger partial charge on any atom is -0.473 e. The molecule has 2 aromatic rings. The van der Waals surface area contributed by atoms with Gasteiger partial charge < -0.3 is 10.1 Å². The van der Waals surface area contributed by atoms with E-state index in [9.17, 15) is 0 Å². The third kappa shape index (κ3) is 4.53. The van der Waals surface area contributed by atoms with Crippen LogP contribution in [0.3, 0.4) is 0 Å². The summed E-state index contributed by atoms with van der Waals surface area (Å²) in [6.07, 6.45) is 4.32. The van der Waals surface area contributed by atoms with Gasteiger partial charge in [-0.1, -0.05) is 28.1 Å². The van der Waals surface area contributed by atoms with Gasteiger partial charge in [-0.05, 0) is 52.5 Å². The minimum atomic E-state index is 0.518. The van der Waals surface area contributed by atoms with E-state index in [0.717, 1.165) is 26.6 Å². The van der Waals surface area contributed by atoms with Crippen molar-refractivity contribution in [2.45, 2.75) is 32.0 Å². The van der Waals surface area contributed by atoms with E-state index in [2.05, 4.69) is 54.3 Å². The number of hydrogen-bond donors (Lipinski definition) is 1. The average Bonchev–Trinajstić information content (AvgIpc) is 3.28. The van der Waals surface area contributed by atoms with E-state index in [-0.39, 0.29) is 0 Å². The van der Waals surface area contributed by atoms with Gasteiger partial charge in [0.1, 0.15) is 6.61 Å². The second-order valence-corrected chi connectivity index (χ2v) is 7.02. The van der Waals surface area contributed by atoms with Gasteiger partial charge in [-0.3, -0.25) is 0 Å². The second-order valence-electron chi connectivity index (χ2n) is 5.19. The number of ether oxygens (including phenoxy) is 1. The summed E-state index contributed by atoms with van der Waals surface area (Å²) in [6, 6.07) is 10.9. The molecule has 21 heavy (non-hydrogen) atoms. The monoisotopic (exact) mass is 410 g/mol. The van der Waals surface area contributed by atoms with Crippen molar-refractivity contribution >= 4 is 31.9 Å². The minimum absolute atomic E-state index is 0.518. The number of nitrogens with one attached hydrogen (secondary N) is 1. The number of hydrogen-bond acceptors (Lipinski definition) is 3. The van der Waals surface area contributed by atoms with Crippen LogP contribution >= 0.6 is 31.9 Å². The summed E-state index contributed by atoms with van der Waals surface area (Å²) in [5.74, 6) is 0.700. The van der Waals surface area contributed by atoms with Crippen molar-refractivity contribution in [2.75, 3.05) is 0 Å². The number of rotatable bonds is 6. The van der Waals surface area contributed by atoms with E-state index in [1.54, 1.807) is 6.20 Å². The summed E-state index contributed by atoms with van der Waals surface area (Å²) in [7, 11) is 0. The second kappa shape index (κ2) is 6.90. The molecule has 1 N–H and O–H groups in total. The third-order valence-electron chi connectivity index (χ3n) is 3.32. The molecule has 3 nitrogen and oxygen atoms in total. The van der Waals surface area contributed by atoms with Crippen LogP contribution in [0.25, 0.3) is 0 Å². The number of aromatic nitrogens is 1. The maximum absolute atomic E-state index is 5.89. The van der Waals surface area contributed by atoms with E-state index in [1.165, 1.54) is 12.8 Å². The molecule has 1 aromatic heterocycles. The fourth-order valence-electron chi connectivity index (χ4n) is 2.05. The molecule has 5 heteroatoms. The smallest absolute Gasteiger partial charge is 0.218 e. The predicted octanol–water partition coefficient (Wildman–Crippen LogP) is 4.44. The molecular formula is C16H16Br2N2O. The van der Waals surface area contributed by atoms with Gasteiger partial charge >= 0.3 is 0 Å². The predicted molar refractivity (Wildman–Crippen MR) is 90.3 cm³/mol. The largest absolute Gasteiger partial charge is 0.473 e. The molecule has 1 aromatic carbocycles. The van der Waals surface area contributed by atoms with Gasteiger partial charge in [0.05, 0.1) is 0 Å². The van der Waals surface area contributed by atoms with Crippen molar-refractivity contribution in [2.24, 2.45) is 0 Å². The van der Waals surface area contributed by atoms with Crippen LogP contribution in [0, 0.1) is 0 Å². The molecule has 1 aliphatic carbocycles. The molecular weight excluding hydrogens is 396 g/mol. The summed E-state index contributed by atoms with van der Waals surface area (Å²) in [5.41, 5.74) is 2.21. The molecule has 0 amide bonds. The van der Waals surface area contributed by atoms with Crippen LogP contribution in [-0.4, -0.2) is 11.0 Å². The van der Waals surface area contributed by atoms with Crippen molar-refractivity contribution in [1.29, 1.82) is 0 Å². The first-order valence-corrected chi connectivity index (χ1v) is 8.54. The first-order chi connectivity index (χ1) is 10.2. The quantitative estimate of drug-likeness (QED) is 0.762. The fraction of sp³-hybridized carbons (Fsp3) is 0.312. The van der Waals surface area contributed by atoms with Gasteiger partial charge in [0.25, 0.3) is 0 Å². The van der Waals surface area contributed by atoms with E-state index in [4.69, 9.17) is 4.74 Å². The molecule has 0 spiro atoms. The molecule has 0 radical (unpaired) electrons. The topological polar surface area (TPSA) is 34.1 Å². The molecule has 1 fully saturated rings. The highest BCUT2D eigenvalue weighted by atomic mass is 79.9. The fourth-order valence-corrected chi connectivity index (χ4v) is 2.87. The summed E-state index contributed by atoms with van der Waals surface area (Å²) in [4.78, 5) is 4.39. The maximum atomic E-state index is 5.89. The lowest BCUT2D eigenvalue weighted by Crippen LogP contribution is -2.16. The van der Waals surface area contributed by atoms with Crippen molar-refractivity contribution in [3.05, 3.63) is 56.6 Å². The molecule has 1 heterocycles. The van der Waals surface area contributed by atoms with Crippen molar-refractivity contribution in [3.63, 3.8) is 0 Å². The standard InChI is InChI=1S/C16H16Br2N2O/c17-13-3-1-2-11(6-13)10-21-16-12(7-14(18)9-20-16)8-19-15-4-5-15/h1-3,6-7,9,15,19H,4-5,8,10H2. The zero-order chi connectivity index (χ0) is 14.7. The molecule has 0 bridgehead atoms. The normalized spacial score (nSPS) is 14.2. The van der Waals surface area contributed by atoms with Gasteiger partial charge in [0, 0.05) is 33.3 Å². The first kappa shape index (κ1) is 15.0. The number of nitrogens with zero attached hydrogens (tertiary/aromatic N) is 1. The van der Waals surface area contributed by atoms with Crippen molar-refractivity contribution < 1.29 is 4.74 Å². The van der Waals surface area contributed by atoms with Crippen LogP contribution in [-0.2, 0) is 13.2 Å². The molecule has 1 saturated carbocycles. The third-order valence-corrected chi connectivity index (χ3v) is 4.24. The number of halogens is 2. The zero-order valence-electron chi connectivity index (χ0n) is 11.5. The highest BCUT2D eigenvalue weighted by Crippen LogP contribution is 2.24. The number of pyridine rings is 1. The van der Waals surface area contributed by atoms with Gasteiger partial charge in [-0.25, -0.2) is 4.98 Å². The van der Waals surface area contributed by atoms with Crippen LogP contribution in [0.1, 0.15) is 24.0 Å². The molecule has 0 saturated heterocycles. The van der Waals surface area contributed by atoms with E-state index >= 15 is 0 Å². The Hall–Kier alpha value is -0.910. The van der Waals surface area contributed by atoms with Gasteiger partial charge in [0.2, 0.25) is 5.88 Å². The van der Waals surface area contributed by atoms with Crippen LogP contribution in [0.15, 0.2) is 45.5 Å². The molecule has 3 rings (SSSR count). The molecule has 1 aliphatic rings. The van der Waals surface area contributed by atoms with E-state index < -0.39 is 0 Å². The van der Waals surface area contributed by atoms with E-state index in [1.807, 2.05) is 18.2 Å². The Labute approximate surface area is 141 Å². The van der Waals surface area contributed by atoms with E-state index in [0.29, 0.717) is 18.5 Å². The Morgan fingerprint density at radius 3 is 2.81 bits per heavy atom. The summed E-state index contributed by atoms with van der Waals surface area (Å²) < 4.78 is 7.93. The van der Waals surface area contributed by atoms with Crippen LogP contribution in [0.2, 0.25) is 0 Å². The lowest BCUT2D eigenvalue weighted by molar-refractivity contribution is 0.289. The van der Waals surface area contributed by atoms with Gasteiger partial charge in [-0.2, -0.15) is 0 Å². The van der Waals surface area contributed by atoms with Gasteiger partial charge in [-0.15, -0.1) is 0 Å². The van der Waals surface area contributed by atoms with Gasteiger partial charge in [0.15, 0.2) is 0 Å². The van der Waals surface area contributed by atoms with Crippen LogP contribution < -0.4 is 10.1 Å². The average molecular weight is 412 g/mol. The maximum Gasteiger partial charge on any atom is 0.218 e. The molecule has 0 atom stereocenters. The Morgan fingerprint density at radius 2 is 2.05 bits per heavy atom.